The zero-order chi connectivity index (χ0) is 28.9. The van der Waals surface area contributed by atoms with Crippen molar-refractivity contribution in [3.05, 3.63) is 95.1 Å². The summed E-state index contributed by atoms with van der Waals surface area (Å²) in [6.07, 6.45) is 6.07. The average Bonchev–Trinajstić information content (AvgIpc) is 3.42. The Hall–Kier alpha value is -4.38. The zero-order valence-corrected chi connectivity index (χ0v) is 23.1. The molecule has 0 saturated carbocycles. The molecule has 2 aromatic heterocycles. The molecule has 9 nitrogen and oxygen atoms in total. The maximum Gasteiger partial charge on any atom is 0.262 e. The standard InChI is InChI=1S/C31H30N6O3S/c1-2-23(38)37-12-6-9-20(16-37)36-30(40)28-25-24-21(10-11-22(32)27(24)41-28)31(34,29(39)26(25)33)19-13-18(14-35-15-19)17-7-4-3-5-8-17/h2-5,7-8,10-11,13-15,20,26H,1,6,9,12,16,32-34H2,(H,36,40). The largest absolute Gasteiger partial charge is 0.398 e. The number of anilines is 1. The fraction of sp³-hybridized carbons (Fsp3) is 0.226. The second-order valence-corrected chi connectivity index (χ2v) is 11.6. The van der Waals surface area contributed by atoms with Gasteiger partial charge in [0, 0.05) is 59.3 Å². The van der Waals surface area contributed by atoms with E-state index >= 15 is 0 Å². The van der Waals surface area contributed by atoms with Gasteiger partial charge in [0.25, 0.3) is 5.91 Å². The quantitative estimate of drug-likeness (QED) is 0.213. The molecule has 0 spiro atoms. The maximum atomic E-state index is 14.1. The molecule has 1 aliphatic heterocycles. The second-order valence-electron chi connectivity index (χ2n) is 10.5. The summed E-state index contributed by atoms with van der Waals surface area (Å²) in [5.41, 5.74) is 22.1. The van der Waals surface area contributed by atoms with E-state index < -0.39 is 17.4 Å². The molecule has 7 N–H and O–H groups in total. The predicted octanol–water partition coefficient (Wildman–Crippen LogP) is 3.24. The lowest BCUT2D eigenvalue weighted by Gasteiger charge is -2.36. The van der Waals surface area contributed by atoms with Gasteiger partial charge < -0.3 is 27.4 Å². The normalized spacial score (nSPS) is 22.0. The second kappa shape index (κ2) is 10.2. The smallest absolute Gasteiger partial charge is 0.262 e. The summed E-state index contributed by atoms with van der Waals surface area (Å²) in [4.78, 5) is 46.3. The molecule has 10 heteroatoms. The van der Waals surface area contributed by atoms with Crippen LogP contribution in [0, 0.1) is 0 Å². The molecule has 3 heterocycles. The Labute approximate surface area is 241 Å². The van der Waals surface area contributed by atoms with Gasteiger partial charge in [-0.2, -0.15) is 0 Å². The molecule has 1 saturated heterocycles. The summed E-state index contributed by atoms with van der Waals surface area (Å²) >= 11 is 1.20. The number of Topliss-reactive ketones (excluding diaryl/α,β-unsaturated/α-hetero) is 1. The van der Waals surface area contributed by atoms with Crippen molar-refractivity contribution in [3.63, 3.8) is 0 Å². The van der Waals surface area contributed by atoms with E-state index in [-0.39, 0.29) is 17.9 Å². The SMILES string of the molecule is C=CC(=O)N1CCCC(NC(=O)c2sc3c(N)ccc4c3c2C(N)C(=O)C4(N)c2cncc(-c3ccccc3)c2)C1. The van der Waals surface area contributed by atoms with Crippen molar-refractivity contribution >= 4 is 44.7 Å². The summed E-state index contributed by atoms with van der Waals surface area (Å²) in [7, 11) is 0. The van der Waals surface area contributed by atoms with Crippen LogP contribution in [-0.4, -0.2) is 46.6 Å². The van der Waals surface area contributed by atoms with Gasteiger partial charge in [-0.1, -0.05) is 43.0 Å². The van der Waals surface area contributed by atoms with Gasteiger partial charge in [0.2, 0.25) is 5.91 Å². The number of amides is 2. The molecular formula is C31H30N6O3S. The van der Waals surface area contributed by atoms with Gasteiger partial charge in [0.1, 0.15) is 5.54 Å². The van der Waals surface area contributed by atoms with Crippen LogP contribution in [0.25, 0.3) is 21.2 Å². The molecule has 3 atom stereocenters. The number of carbonyl (C=O) groups excluding carboxylic acids is 3. The lowest BCUT2D eigenvalue weighted by atomic mass is 9.70. The van der Waals surface area contributed by atoms with Gasteiger partial charge in [0.05, 0.1) is 15.6 Å². The van der Waals surface area contributed by atoms with Crippen LogP contribution in [0.3, 0.4) is 0 Å². The summed E-state index contributed by atoms with van der Waals surface area (Å²) in [5, 5.41) is 3.68. The minimum absolute atomic E-state index is 0.170. The van der Waals surface area contributed by atoms with E-state index in [1.807, 2.05) is 36.4 Å². The van der Waals surface area contributed by atoms with Crippen molar-refractivity contribution in [3.8, 4) is 11.1 Å². The summed E-state index contributed by atoms with van der Waals surface area (Å²) in [5.74, 6) is -0.961. The van der Waals surface area contributed by atoms with Crippen molar-refractivity contribution in [1.29, 1.82) is 0 Å². The van der Waals surface area contributed by atoms with Crippen molar-refractivity contribution in [2.45, 2.75) is 30.5 Å². The number of nitrogens with zero attached hydrogens (tertiary/aromatic N) is 2. The molecule has 2 aliphatic rings. The molecule has 41 heavy (non-hydrogen) atoms. The molecular weight excluding hydrogens is 536 g/mol. The molecule has 1 aliphatic carbocycles. The highest BCUT2D eigenvalue weighted by Gasteiger charge is 2.49. The third kappa shape index (κ3) is 4.31. The number of piperidine rings is 1. The molecule has 4 aromatic rings. The fourth-order valence-corrected chi connectivity index (χ4v) is 7.17. The molecule has 2 aromatic carbocycles. The molecule has 0 bridgehead atoms. The van der Waals surface area contributed by atoms with E-state index in [9.17, 15) is 14.4 Å². The lowest BCUT2D eigenvalue weighted by molar-refractivity contribution is -0.127. The maximum absolute atomic E-state index is 14.1. The van der Waals surface area contributed by atoms with Crippen LogP contribution in [0.5, 0.6) is 0 Å². The fourth-order valence-electron chi connectivity index (χ4n) is 5.97. The first-order valence-electron chi connectivity index (χ1n) is 13.4. The summed E-state index contributed by atoms with van der Waals surface area (Å²) in [6, 6.07) is 13.6. The Morgan fingerprint density at radius 2 is 1.93 bits per heavy atom. The Bertz CT molecular complexity index is 1720. The van der Waals surface area contributed by atoms with Crippen molar-refractivity contribution in [2.24, 2.45) is 11.5 Å². The van der Waals surface area contributed by atoms with E-state index in [1.54, 1.807) is 29.4 Å². The van der Waals surface area contributed by atoms with Crippen LogP contribution in [0.4, 0.5) is 5.69 Å². The monoisotopic (exact) mass is 566 g/mol. The van der Waals surface area contributed by atoms with Crippen LogP contribution in [0.1, 0.15) is 45.2 Å². The van der Waals surface area contributed by atoms with Gasteiger partial charge in [-0.25, -0.2) is 0 Å². The number of aromatic nitrogens is 1. The molecule has 208 valence electrons. The number of nitrogens with two attached hydrogens (primary N) is 3. The van der Waals surface area contributed by atoms with E-state index in [0.29, 0.717) is 50.4 Å². The van der Waals surface area contributed by atoms with Crippen LogP contribution < -0.4 is 22.5 Å². The number of carbonyl (C=O) groups is 3. The highest BCUT2D eigenvalue weighted by atomic mass is 32.1. The third-order valence-electron chi connectivity index (χ3n) is 8.06. The highest BCUT2D eigenvalue weighted by Crippen LogP contribution is 2.49. The van der Waals surface area contributed by atoms with Crippen LogP contribution in [-0.2, 0) is 15.1 Å². The number of likely N-dealkylation sites (tertiary alicyclic amines) is 1. The molecule has 1 fully saturated rings. The zero-order valence-electron chi connectivity index (χ0n) is 22.3. The van der Waals surface area contributed by atoms with E-state index in [1.165, 1.54) is 17.4 Å². The first-order valence-corrected chi connectivity index (χ1v) is 14.2. The summed E-state index contributed by atoms with van der Waals surface area (Å²) in [6.45, 7) is 4.56. The summed E-state index contributed by atoms with van der Waals surface area (Å²) < 4.78 is 0.653. The topological polar surface area (TPSA) is 157 Å². The van der Waals surface area contributed by atoms with E-state index in [2.05, 4.69) is 16.9 Å². The number of pyridine rings is 1. The van der Waals surface area contributed by atoms with Crippen LogP contribution in [0.2, 0.25) is 0 Å². The van der Waals surface area contributed by atoms with Crippen LogP contribution >= 0.6 is 11.3 Å². The number of nitrogen functional groups attached to an aromatic ring is 1. The highest BCUT2D eigenvalue weighted by molar-refractivity contribution is 7.21. The van der Waals surface area contributed by atoms with Gasteiger partial charge in [-0.15, -0.1) is 11.3 Å². The molecule has 0 radical (unpaired) electrons. The average molecular weight is 567 g/mol. The number of rotatable bonds is 5. The van der Waals surface area contributed by atoms with E-state index in [4.69, 9.17) is 17.2 Å². The Morgan fingerprint density at radius 3 is 2.68 bits per heavy atom. The van der Waals surface area contributed by atoms with Crippen molar-refractivity contribution in [1.82, 2.24) is 15.2 Å². The number of nitrogens with one attached hydrogen (secondary N) is 1. The Kier molecular flexibility index (Phi) is 6.69. The predicted molar refractivity (Wildman–Crippen MR) is 160 cm³/mol. The third-order valence-corrected chi connectivity index (χ3v) is 9.32. The van der Waals surface area contributed by atoms with Crippen LogP contribution in [0.15, 0.2) is 73.6 Å². The Morgan fingerprint density at radius 1 is 1.15 bits per heavy atom. The van der Waals surface area contributed by atoms with Gasteiger partial charge in [-0.3, -0.25) is 19.4 Å². The molecule has 3 unspecified atom stereocenters. The van der Waals surface area contributed by atoms with Gasteiger partial charge in [-0.05, 0) is 42.2 Å². The van der Waals surface area contributed by atoms with Crippen molar-refractivity contribution < 1.29 is 14.4 Å². The number of hydrogen-bond acceptors (Lipinski definition) is 8. The Balaban J connectivity index is 1.43. The number of benzene rings is 2. The molecule has 6 rings (SSSR count). The minimum Gasteiger partial charge on any atom is -0.398 e. The molecule has 2 amide bonds. The first kappa shape index (κ1) is 26.8. The lowest BCUT2D eigenvalue weighted by Crippen LogP contribution is -2.53. The minimum atomic E-state index is -1.60. The van der Waals surface area contributed by atoms with Gasteiger partial charge in [0.15, 0.2) is 5.78 Å². The number of ketones is 1. The first-order chi connectivity index (χ1) is 19.7. The number of thiophene rings is 1. The van der Waals surface area contributed by atoms with Crippen molar-refractivity contribution in [2.75, 3.05) is 18.8 Å². The van der Waals surface area contributed by atoms with Gasteiger partial charge >= 0.3 is 0 Å². The van der Waals surface area contributed by atoms with E-state index in [0.717, 1.165) is 24.0 Å². The number of hydrogen-bond donors (Lipinski definition) is 4.